The van der Waals surface area contributed by atoms with Gasteiger partial charge in [0.15, 0.2) is 5.82 Å². The van der Waals surface area contributed by atoms with Crippen molar-refractivity contribution >= 4 is 5.82 Å². The van der Waals surface area contributed by atoms with Gasteiger partial charge < -0.3 is 9.64 Å². The highest BCUT2D eigenvalue weighted by atomic mass is 19.1. The zero-order valence-electron chi connectivity index (χ0n) is 14.6. The number of anilines is 1. The summed E-state index contributed by atoms with van der Waals surface area (Å²) in [5.41, 5.74) is 2.85. The lowest BCUT2D eigenvalue weighted by Gasteiger charge is -2.18. The van der Waals surface area contributed by atoms with Crippen molar-refractivity contribution in [2.24, 2.45) is 0 Å². The molecule has 1 aliphatic heterocycles. The SMILES string of the molecule is COc1ccccc1C1CCN(c2ccc(-c3ccc(F)cc3)nn2)C1. The summed E-state index contributed by atoms with van der Waals surface area (Å²) in [6, 6.07) is 18.4. The number of aromatic nitrogens is 2. The second kappa shape index (κ2) is 7.12. The highest BCUT2D eigenvalue weighted by Gasteiger charge is 2.27. The van der Waals surface area contributed by atoms with Gasteiger partial charge >= 0.3 is 0 Å². The van der Waals surface area contributed by atoms with Crippen molar-refractivity contribution in [3.8, 4) is 17.0 Å². The summed E-state index contributed by atoms with van der Waals surface area (Å²) in [6.07, 6.45) is 1.06. The maximum absolute atomic E-state index is 13.0. The van der Waals surface area contributed by atoms with Gasteiger partial charge in [0.1, 0.15) is 11.6 Å². The monoisotopic (exact) mass is 349 g/mol. The molecule has 2 heterocycles. The Balaban J connectivity index is 1.49. The molecule has 0 N–H and O–H groups in total. The summed E-state index contributed by atoms with van der Waals surface area (Å²) in [5.74, 6) is 1.98. The second-order valence-electron chi connectivity index (χ2n) is 6.46. The molecule has 0 radical (unpaired) electrons. The minimum Gasteiger partial charge on any atom is -0.496 e. The van der Waals surface area contributed by atoms with Gasteiger partial charge in [-0.1, -0.05) is 18.2 Å². The van der Waals surface area contributed by atoms with Crippen molar-refractivity contribution in [1.29, 1.82) is 0 Å². The molecular weight excluding hydrogens is 329 g/mol. The summed E-state index contributed by atoms with van der Waals surface area (Å²) in [4.78, 5) is 2.25. The number of rotatable bonds is 4. The first-order valence-corrected chi connectivity index (χ1v) is 8.72. The van der Waals surface area contributed by atoms with Gasteiger partial charge in [-0.2, -0.15) is 0 Å². The molecular formula is C21H20FN3O. The van der Waals surface area contributed by atoms with Crippen molar-refractivity contribution in [3.63, 3.8) is 0 Å². The number of para-hydroxylation sites is 1. The maximum atomic E-state index is 13.0. The molecule has 1 fully saturated rings. The molecule has 5 heteroatoms. The third kappa shape index (κ3) is 3.25. The molecule has 1 saturated heterocycles. The van der Waals surface area contributed by atoms with Crippen LogP contribution in [0.4, 0.5) is 10.2 Å². The number of benzene rings is 2. The van der Waals surface area contributed by atoms with Gasteiger partial charge in [-0.05, 0) is 54.4 Å². The molecule has 0 bridgehead atoms. The van der Waals surface area contributed by atoms with E-state index in [9.17, 15) is 4.39 Å². The van der Waals surface area contributed by atoms with Crippen LogP contribution in [0.1, 0.15) is 17.9 Å². The molecule has 1 atom stereocenters. The number of hydrogen-bond acceptors (Lipinski definition) is 4. The third-order valence-electron chi connectivity index (χ3n) is 4.88. The summed E-state index contributed by atoms with van der Waals surface area (Å²) >= 11 is 0. The van der Waals surface area contributed by atoms with Crippen LogP contribution in [0.5, 0.6) is 5.75 Å². The van der Waals surface area contributed by atoms with Crippen molar-refractivity contribution in [3.05, 3.63) is 72.0 Å². The van der Waals surface area contributed by atoms with E-state index >= 15 is 0 Å². The number of nitrogens with zero attached hydrogens (tertiary/aromatic N) is 3. The summed E-state index contributed by atoms with van der Waals surface area (Å²) in [5, 5.41) is 8.70. The molecule has 1 aliphatic rings. The maximum Gasteiger partial charge on any atom is 0.151 e. The Labute approximate surface area is 152 Å². The molecule has 1 aromatic heterocycles. The first-order valence-electron chi connectivity index (χ1n) is 8.72. The minimum absolute atomic E-state index is 0.252. The number of ether oxygens (including phenoxy) is 1. The van der Waals surface area contributed by atoms with Gasteiger partial charge in [0.25, 0.3) is 0 Å². The first-order chi connectivity index (χ1) is 12.7. The minimum atomic E-state index is -0.252. The Morgan fingerprint density at radius 3 is 2.54 bits per heavy atom. The van der Waals surface area contributed by atoms with Gasteiger partial charge in [0.2, 0.25) is 0 Å². The normalized spacial score (nSPS) is 16.7. The molecule has 132 valence electrons. The molecule has 4 rings (SSSR count). The van der Waals surface area contributed by atoms with Gasteiger partial charge in [0.05, 0.1) is 12.8 Å². The lowest BCUT2D eigenvalue weighted by molar-refractivity contribution is 0.406. The van der Waals surface area contributed by atoms with E-state index in [-0.39, 0.29) is 5.82 Å². The van der Waals surface area contributed by atoms with Gasteiger partial charge in [-0.15, -0.1) is 10.2 Å². The Hall–Kier alpha value is -2.95. The third-order valence-corrected chi connectivity index (χ3v) is 4.88. The van der Waals surface area contributed by atoms with Crippen LogP contribution in [0.25, 0.3) is 11.3 Å². The predicted octanol–water partition coefficient (Wildman–Crippen LogP) is 4.29. The van der Waals surface area contributed by atoms with Crippen molar-refractivity contribution < 1.29 is 9.13 Å². The molecule has 0 aliphatic carbocycles. The average Bonchev–Trinajstić information content (AvgIpc) is 3.19. The number of methoxy groups -OCH3 is 1. The largest absolute Gasteiger partial charge is 0.496 e. The Bertz CT molecular complexity index is 881. The first kappa shape index (κ1) is 16.5. The molecule has 26 heavy (non-hydrogen) atoms. The molecule has 2 aromatic carbocycles. The second-order valence-corrected chi connectivity index (χ2v) is 6.46. The summed E-state index contributed by atoms with van der Waals surface area (Å²) < 4.78 is 18.5. The van der Waals surface area contributed by atoms with Gasteiger partial charge in [0, 0.05) is 24.6 Å². The van der Waals surface area contributed by atoms with E-state index in [1.165, 1.54) is 17.7 Å². The average molecular weight is 349 g/mol. The Morgan fingerprint density at radius 2 is 1.81 bits per heavy atom. The fourth-order valence-electron chi connectivity index (χ4n) is 3.49. The lowest BCUT2D eigenvalue weighted by atomic mass is 9.97. The fraction of sp³-hybridized carbons (Fsp3) is 0.238. The Morgan fingerprint density at radius 1 is 1.00 bits per heavy atom. The number of hydrogen-bond donors (Lipinski definition) is 0. The van der Waals surface area contributed by atoms with Gasteiger partial charge in [-0.25, -0.2) is 4.39 Å². The van der Waals surface area contributed by atoms with E-state index in [0.717, 1.165) is 42.3 Å². The van der Waals surface area contributed by atoms with E-state index in [4.69, 9.17) is 4.74 Å². The zero-order chi connectivity index (χ0) is 17.9. The van der Waals surface area contributed by atoms with Gasteiger partial charge in [-0.3, -0.25) is 0 Å². The molecule has 1 unspecified atom stereocenters. The zero-order valence-corrected chi connectivity index (χ0v) is 14.6. The molecule has 3 aromatic rings. The van der Waals surface area contributed by atoms with Crippen molar-refractivity contribution in [1.82, 2.24) is 10.2 Å². The van der Waals surface area contributed by atoms with Crippen LogP contribution in [0.2, 0.25) is 0 Å². The van der Waals surface area contributed by atoms with E-state index in [1.807, 2.05) is 24.3 Å². The molecule has 0 spiro atoms. The Kier molecular flexibility index (Phi) is 4.52. The van der Waals surface area contributed by atoms with E-state index in [2.05, 4.69) is 27.2 Å². The summed E-state index contributed by atoms with van der Waals surface area (Å²) in [7, 11) is 1.71. The van der Waals surface area contributed by atoms with Crippen LogP contribution in [0.3, 0.4) is 0 Å². The van der Waals surface area contributed by atoms with E-state index in [0.29, 0.717) is 5.92 Å². The molecule has 0 saturated carbocycles. The molecule has 4 nitrogen and oxygen atoms in total. The van der Waals surface area contributed by atoms with Crippen LogP contribution < -0.4 is 9.64 Å². The smallest absolute Gasteiger partial charge is 0.151 e. The standard InChI is InChI=1S/C21H20FN3O/c1-26-20-5-3-2-4-18(20)16-12-13-25(14-16)21-11-10-19(23-24-21)15-6-8-17(22)9-7-15/h2-11,16H,12-14H2,1H3. The summed E-state index contributed by atoms with van der Waals surface area (Å²) in [6.45, 7) is 1.83. The molecule has 0 amide bonds. The quantitative estimate of drug-likeness (QED) is 0.704. The van der Waals surface area contributed by atoms with E-state index < -0.39 is 0 Å². The van der Waals surface area contributed by atoms with Crippen LogP contribution in [-0.4, -0.2) is 30.4 Å². The highest BCUT2D eigenvalue weighted by Crippen LogP contribution is 2.34. The van der Waals surface area contributed by atoms with Crippen molar-refractivity contribution in [2.75, 3.05) is 25.1 Å². The van der Waals surface area contributed by atoms with Crippen LogP contribution in [0.15, 0.2) is 60.7 Å². The van der Waals surface area contributed by atoms with Crippen LogP contribution in [0, 0.1) is 5.82 Å². The van der Waals surface area contributed by atoms with Crippen molar-refractivity contribution in [2.45, 2.75) is 12.3 Å². The lowest BCUT2D eigenvalue weighted by Crippen LogP contribution is -2.20. The van der Waals surface area contributed by atoms with Crippen LogP contribution in [-0.2, 0) is 0 Å². The topological polar surface area (TPSA) is 38.2 Å². The number of halogens is 1. The highest BCUT2D eigenvalue weighted by molar-refractivity contribution is 5.59. The predicted molar refractivity (Wildman–Crippen MR) is 100.0 cm³/mol. The van der Waals surface area contributed by atoms with E-state index in [1.54, 1.807) is 19.2 Å². The fourth-order valence-corrected chi connectivity index (χ4v) is 3.49. The van der Waals surface area contributed by atoms with Crippen LogP contribution >= 0.6 is 0 Å².